The number of hydrogen-bond donors (Lipinski definition) is 2. The second kappa shape index (κ2) is 6.87. The van der Waals surface area contributed by atoms with E-state index in [4.69, 9.17) is 12.2 Å². The topological polar surface area (TPSA) is 33.3 Å². The standard InChI is InChI=1S/C16H15F3N2OS/c1-10-6-11(2)8-13(7-10)21-15(23)20-12-4-3-5-14(9-12)22-16(17,18)19/h3-9H,1-2H3,(H2,20,21,23). The molecule has 23 heavy (non-hydrogen) atoms. The fourth-order valence-electron chi connectivity index (χ4n) is 2.11. The third-order valence-electron chi connectivity index (χ3n) is 2.81. The van der Waals surface area contributed by atoms with Gasteiger partial charge in [0, 0.05) is 17.4 Å². The number of rotatable bonds is 3. The summed E-state index contributed by atoms with van der Waals surface area (Å²) < 4.78 is 40.5. The van der Waals surface area contributed by atoms with Gasteiger partial charge >= 0.3 is 6.36 Å². The summed E-state index contributed by atoms with van der Waals surface area (Å²) in [5, 5.41) is 6.10. The van der Waals surface area contributed by atoms with Crippen LogP contribution in [0.4, 0.5) is 24.5 Å². The molecule has 0 aliphatic carbocycles. The minimum absolute atomic E-state index is 0.277. The largest absolute Gasteiger partial charge is 0.573 e. The lowest BCUT2D eigenvalue weighted by Crippen LogP contribution is -2.20. The smallest absolute Gasteiger partial charge is 0.406 e. The van der Waals surface area contributed by atoms with E-state index in [0.29, 0.717) is 5.69 Å². The van der Waals surface area contributed by atoms with Gasteiger partial charge in [0.2, 0.25) is 0 Å². The van der Waals surface area contributed by atoms with Crippen LogP contribution in [0.2, 0.25) is 0 Å². The van der Waals surface area contributed by atoms with Crippen LogP contribution >= 0.6 is 12.2 Å². The number of aryl methyl sites for hydroxylation is 2. The first-order chi connectivity index (χ1) is 10.7. The zero-order valence-electron chi connectivity index (χ0n) is 12.5. The zero-order chi connectivity index (χ0) is 17.0. The highest BCUT2D eigenvalue weighted by atomic mass is 32.1. The Labute approximate surface area is 137 Å². The van der Waals surface area contributed by atoms with E-state index in [-0.39, 0.29) is 10.9 Å². The van der Waals surface area contributed by atoms with Crippen molar-refractivity contribution in [2.75, 3.05) is 10.6 Å². The van der Waals surface area contributed by atoms with Crippen molar-refractivity contribution in [2.45, 2.75) is 20.2 Å². The van der Waals surface area contributed by atoms with Crippen LogP contribution in [-0.2, 0) is 0 Å². The van der Waals surface area contributed by atoms with Crippen LogP contribution in [-0.4, -0.2) is 11.5 Å². The number of thiocarbonyl (C=S) groups is 1. The number of halogens is 3. The van der Waals surface area contributed by atoms with E-state index >= 15 is 0 Å². The van der Waals surface area contributed by atoms with Crippen molar-refractivity contribution in [3.63, 3.8) is 0 Å². The van der Waals surface area contributed by atoms with E-state index in [1.807, 2.05) is 32.0 Å². The van der Waals surface area contributed by atoms with E-state index in [9.17, 15) is 13.2 Å². The summed E-state index contributed by atoms with van der Waals surface area (Å²) in [7, 11) is 0. The highest BCUT2D eigenvalue weighted by Crippen LogP contribution is 2.25. The number of nitrogens with one attached hydrogen (secondary N) is 2. The molecule has 0 heterocycles. The molecule has 122 valence electrons. The van der Waals surface area contributed by atoms with Crippen LogP contribution in [0.5, 0.6) is 5.75 Å². The van der Waals surface area contributed by atoms with E-state index in [1.54, 1.807) is 6.07 Å². The molecule has 0 saturated carbocycles. The van der Waals surface area contributed by atoms with Crippen LogP contribution < -0.4 is 15.4 Å². The Morgan fingerprint density at radius 3 is 2.17 bits per heavy atom. The lowest BCUT2D eigenvalue weighted by Gasteiger charge is -2.13. The second-order valence-corrected chi connectivity index (χ2v) is 5.44. The van der Waals surface area contributed by atoms with Crippen molar-refractivity contribution in [3.05, 3.63) is 53.6 Å². The maximum absolute atomic E-state index is 12.2. The Morgan fingerprint density at radius 1 is 0.957 bits per heavy atom. The summed E-state index contributed by atoms with van der Waals surface area (Å²) in [6.07, 6.45) is -4.73. The lowest BCUT2D eigenvalue weighted by atomic mass is 10.1. The van der Waals surface area contributed by atoms with Gasteiger partial charge in [-0.2, -0.15) is 0 Å². The van der Waals surface area contributed by atoms with Crippen molar-refractivity contribution in [1.82, 2.24) is 0 Å². The lowest BCUT2D eigenvalue weighted by molar-refractivity contribution is -0.274. The minimum Gasteiger partial charge on any atom is -0.406 e. The van der Waals surface area contributed by atoms with Gasteiger partial charge in [-0.3, -0.25) is 0 Å². The van der Waals surface area contributed by atoms with Crippen LogP contribution in [0, 0.1) is 13.8 Å². The molecule has 0 aliphatic heterocycles. The van der Waals surface area contributed by atoms with Gasteiger partial charge in [0.15, 0.2) is 5.11 Å². The van der Waals surface area contributed by atoms with E-state index < -0.39 is 6.36 Å². The average molecular weight is 340 g/mol. The molecule has 0 unspecified atom stereocenters. The van der Waals surface area contributed by atoms with Gasteiger partial charge in [-0.05, 0) is 61.5 Å². The monoisotopic (exact) mass is 340 g/mol. The molecule has 0 amide bonds. The number of benzene rings is 2. The summed E-state index contributed by atoms with van der Waals surface area (Å²) in [4.78, 5) is 0. The molecule has 0 fully saturated rings. The number of hydrogen-bond acceptors (Lipinski definition) is 2. The maximum atomic E-state index is 12.2. The summed E-state index contributed by atoms with van der Waals surface area (Å²) in [6.45, 7) is 3.93. The number of alkyl halides is 3. The fraction of sp³-hybridized carbons (Fsp3) is 0.188. The predicted molar refractivity (Wildman–Crippen MR) is 88.9 cm³/mol. The van der Waals surface area contributed by atoms with Crippen LogP contribution in [0.15, 0.2) is 42.5 Å². The molecule has 0 bridgehead atoms. The third kappa shape index (κ3) is 5.78. The SMILES string of the molecule is Cc1cc(C)cc(NC(=S)Nc2cccc(OC(F)(F)F)c2)c1. The van der Waals surface area contributed by atoms with Crippen molar-refractivity contribution >= 4 is 28.7 Å². The van der Waals surface area contributed by atoms with E-state index in [2.05, 4.69) is 15.4 Å². The molecule has 2 rings (SSSR count). The fourth-order valence-corrected chi connectivity index (χ4v) is 2.35. The molecule has 0 atom stereocenters. The Balaban J connectivity index is 2.04. The van der Waals surface area contributed by atoms with Crippen LogP contribution in [0.25, 0.3) is 0 Å². The first kappa shape index (κ1) is 17.1. The molecule has 0 aliphatic rings. The van der Waals surface area contributed by atoms with Crippen molar-refractivity contribution in [1.29, 1.82) is 0 Å². The van der Waals surface area contributed by atoms with E-state index in [0.717, 1.165) is 16.8 Å². The third-order valence-corrected chi connectivity index (χ3v) is 3.01. The summed E-state index contributed by atoms with van der Waals surface area (Å²) in [6, 6.07) is 11.4. The van der Waals surface area contributed by atoms with Gasteiger partial charge < -0.3 is 15.4 Å². The molecular weight excluding hydrogens is 325 g/mol. The van der Waals surface area contributed by atoms with Gasteiger partial charge in [0.05, 0.1) is 0 Å². The van der Waals surface area contributed by atoms with Gasteiger partial charge in [0.1, 0.15) is 5.75 Å². The first-order valence-corrected chi connectivity index (χ1v) is 7.14. The Morgan fingerprint density at radius 2 is 1.57 bits per heavy atom. The van der Waals surface area contributed by atoms with Gasteiger partial charge in [0.25, 0.3) is 0 Å². The maximum Gasteiger partial charge on any atom is 0.573 e. The minimum atomic E-state index is -4.73. The summed E-state index contributed by atoms with van der Waals surface area (Å²) >= 11 is 5.17. The molecule has 0 spiro atoms. The number of anilines is 2. The molecule has 2 aromatic rings. The predicted octanol–water partition coefficient (Wildman–Crippen LogP) is 5.01. The first-order valence-electron chi connectivity index (χ1n) is 6.73. The van der Waals surface area contributed by atoms with Gasteiger partial charge in [-0.15, -0.1) is 13.2 Å². The molecule has 0 saturated heterocycles. The summed E-state index contributed by atoms with van der Waals surface area (Å²) in [5.41, 5.74) is 3.36. The normalized spacial score (nSPS) is 11.0. The van der Waals surface area contributed by atoms with Crippen molar-refractivity contribution < 1.29 is 17.9 Å². The van der Waals surface area contributed by atoms with Gasteiger partial charge in [-0.1, -0.05) is 12.1 Å². The molecule has 0 radical (unpaired) electrons. The molecule has 0 aromatic heterocycles. The van der Waals surface area contributed by atoms with E-state index in [1.165, 1.54) is 18.2 Å². The Kier molecular flexibility index (Phi) is 5.10. The zero-order valence-corrected chi connectivity index (χ0v) is 13.3. The summed E-state index contributed by atoms with van der Waals surface area (Å²) in [5.74, 6) is -0.309. The highest BCUT2D eigenvalue weighted by Gasteiger charge is 2.31. The van der Waals surface area contributed by atoms with Crippen LogP contribution in [0.1, 0.15) is 11.1 Å². The highest BCUT2D eigenvalue weighted by molar-refractivity contribution is 7.80. The molecule has 3 nitrogen and oxygen atoms in total. The number of ether oxygens (including phenoxy) is 1. The van der Waals surface area contributed by atoms with Crippen LogP contribution in [0.3, 0.4) is 0 Å². The molecular formula is C16H15F3N2OS. The quantitative estimate of drug-likeness (QED) is 0.770. The van der Waals surface area contributed by atoms with Crippen molar-refractivity contribution in [3.8, 4) is 5.75 Å². The molecule has 2 N–H and O–H groups in total. The molecule has 2 aromatic carbocycles. The average Bonchev–Trinajstić information content (AvgIpc) is 2.35. The second-order valence-electron chi connectivity index (χ2n) is 5.03. The molecule has 7 heteroatoms. The van der Waals surface area contributed by atoms with Gasteiger partial charge in [-0.25, -0.2) is 0 Å². The Bertz CT molecular complexity index is 696. The van der Waals surface area contributed by atoms with Crippen molar-refractivity contribution in [2.24, 2.45) is 0 Å². The Hall–Kier alpha value is -2.28.